The SMILES string of the molecule is Cc1nccc(CNS(=O)(=O)c2ncccc2NN)n1. The highest BCUT2D eigenvalue weighted by atomic mass is 32.2. The smallest absolute Gasteiger partial charge is 0.260 e. The van der Waals surface area contributed by atoms with Crippen LogP contribution in [0.25, 0.3) is 0 Å². The topological polar surface area (TPSA) is 123 Å². The normalized spacial score (nSPS) is 11.3. The minimum atomic E-state index is -3.78. The van der Waals surface area contributed by atoms with Crippen molar-refractivity contribution in [2.45, 2.75) is 18.5 Å². The molecular formula is C11H14N6O2S. The van der Waals surface area contributed by atoms with Gasteiger partial charge in [0.15, 0.2) is 5.03 Å². The Labute approximate surface area is 116 Å². The highest BCUT2D eigenvalue weighted by Gasteiger charge is 2.19. The molecule has 0 unspecified atom stereocenters. The maximum absolute atomic E-state index is 12.2. The van der Waals surface area contributed by atoms with Gasteiger partial charge in [0.1, 0.15) is 5.82 Å². The molecule has 0 fully saturated rings. The number of hydrogen-bond acceptors (Lipinski definition) is 7. The van der Waals surface area contributed by atoms with E-state index >= 15 is 0 Å². The van der Waals surface area contributed by atoms with Gasteiger partial charge in [-0.05, 0) is 25.1 Å². The minimum absolute atomic E-state index is 0.0479. The Kier molecular flexibility index (Phi) is 4.23. The lowest BCUT2D eigenvalue weighted by Gasteiger charge is -2.09. The summed E-state index contributed by atoms with van der Waals surface area (Å²) in [6, 6.07) is 4.74. The molecule has 0 atom stereocenters. The molecule has 4 N–H and O–H groups in total. The lowest BCUT2D eigenvalue weighted by atomic mass is 10.4. The quantitative estimate of drug-likeness (QED) is 0.521. The van der Waals surface area contributed by atoms with Gasteiger partial charge in [-0.15, -0.1) is 0 Å². The Bertz CT molecular complexity index is 704. The molecule has 0 radical (unpaired) electrons. The van der Waals surface area contributed by atoms with Gasteiger partial charge in [-0.25, -0.2) is 28.1 Å². The number of aryl methyl sites for hydroxylation is 1. The number of pyridine rings is 1. The van der Waals surface area contributed by atoms with E-state index < -0.39 is 10.0 Å². The molecule has 0 aromatic carbocycles. The number of hydrogen-bond donors (Lipinski definition) is 3. The van der Waals surface area contributed by atoms with Crippen molar-refractivity contribution in [1.29, 1.82) is 0 Å². The molecule has 0 bridgehead atoms. The first kappa shape index (κ1) is 14.3. The summed E-state index contributed by atoms with van der Waals surface area (Å²) in [5.41, 5.74) is 3.09. The predicted octanol–water partition coefficient (Wildman–Crippen LogP) is -0.0559. The third-order valence-corrected chi connectivity index (χ3v) is 3.82. The molecule has 0 aliphatic heterocycles. The number of nitrogens with zero attached hydrogens (tertiary/aromatic N) is 3. The van der Waals surface area contributed by atoms with Crippen molar-refractivity contribution in [2.24, 2.45) is 5.84 Å². The zero-order valence-corrected chi connectivity index (χ0v) is 11.6. The largest absolute Gasteiger partial charge is 0.321 e. The summed E-state index contributed by atoms with van der Waals surface area (Å²) >= 11 is 0. The Balaban J connectivity index is 2.19. The molecule has 0 amide bonds. The van der Waals surface area contributed by atoms with E-state index in [1.807, 2.05) is 0 Å². The molecule has 0 saturated carbocycles. The molecule has 2 aromatic rings. The summed E-state index contributed by atoms with van der Waals surface area (Å²) in [7, 11) is -3.78. The van der Waals surface area contributed by atoms with Crippen molar-refractivity contribution in [3.63, 3.8) is 0 Å². The van der Waals surface area contributed by atoms with Crippen LogP contribution < -0.4 is 16.0 Å². The first-order valence-corrected chi connectivity index (χ1v) is 7.21. The first-order chi connectivity index (χ1) is 9.53. The average Bonchev–Trinajstić information content (AvgIpc) is 2.45. The van der Waals surface area contributed by atoms with Crippen molar-refractivity contribution >= 4 is 15.7 Å². The Hall–Kier alpha value is -2.10. The Morgan fingerprint density at radius 3 is 2.75 bits per heavy atom. The number of hydrazine groups is 1. The van der Waals surface area contributed by atoms with Crippen molar-refractivity contribution in [2.75, 3.05) is 5.43 Å². The van der Waals surface area contributed by atoms with E-state index in [1.54, 1.807) is 25.3 Å². The number of aromatic nitrogens is 3. The molecule has 0 aliphatic rings. The van der Waals surface area contributed by atoms with E-state index in [2.05, 4.69) is 25.1 Å². The van der Waals surface area contributed by atoms with Gasteiger partial charge in [-0.2, -0.15) is 0 Å². The molecule has 2 heterocycles. The third-order valence-electron chi connectivity index (χ3n) is 2.46. The number of anilines is 1. The zero-order chi connectivity index (χ0) is 14.6. The van der Waals surface area contributed by atoms with E-state index in [4.69, 9.17) is 5.84 Å². The van der Waals surface area contributed by atoms with Crippen molar-refractivity contribution in [3.05, 3.63) is 42.1 Å². The van der Waals surface area contributed by atoms with E-state index in [-0.39, 0.29) is 17.3 Å². The average molecular weight is 294 g/mol. The van der Waals surface area contributed by atoms with Crippen LogP contribution in [0.3, 0.4) is 0 Å². The van der Waals surface area contributed by atoms with Crippen molar-refractivity contribution in [1.82, 2.24) is 19.7 Å². The summed E-state index contributed by atoms with van der Waals surface area (Å²) in [4.78, 5) is 11.9. The Morgan fingerprint density at radius 1 is 1.25 bits per heavy atom. The maximum atomic E-state index is 12.2. The molecule has 9 heteroatoms. The van der Waals surface area contributed by atoms with Gasteiger partial charge in [0.05, 0.1) is 17.9 Å². The highest BCUT2D eigenvalue weighted by molar-refractivity contribution is 7.89. The second-order valence-electron chi connectivity index (χ2n) is 3.92. The number of nitrogens with one attached hydrogen (secondary N) is 2. The predicted molar refractivity (Wildman–Crippen MR) is 72.8 cm³/mol. The van der Waals surface area contributed by atoms with Crippen LogP contribution in [0, 0.1) is 6.92 Å². The molecule has 0 saturated heterocycles. The van der Waals surface area contributed by atoms with Crippen LogP contribution in [0.2, 0.25) is 0 Å². The van der Waals surface area contributed by atoms with Gasteiger partial charge >= 0.3 is 0 Å². The van der Waals surface area contributed by atoms with E-state index in [0.29, 0.717) is 11.5 Å². The molecule has 0 spiro atoms. The Morgan fingerprint density at radius 2 is 2.05 bits per heavy atom. The highest BCUT2D eigenvalue weighted by Crippen LogP contribution is 2.16. The number of rotatable bonds is 5. The lowest BCUT2D eigenvalue weighted by molar-refractivity contribution is 0.576. The van der Waals surface area contributed by atoms with Crippen LogP contribution in [0.4, 0.5) is 5.69 Å². The standard InChI is InChI=1S/C11H14N6O2S/c1-8-13-6-4-9(16-8)7-15-20(18,19)11-10(17-12)3-2-5-14-11/h2-6,15,17H,7,12H2,1H3. The van der Waals surface area contributed by atoms with Crippen LogP contribution in [0.1, 0.15) is 11.5 Å². The van der Waals surface area contributed by atoms with Gasteiger partial charge in [-0.1, -0.05) is 0 Å². The third kappa shape index (κ3) is 3.26. The van der Waals surface area contributed by atoms with Gasteiger partial charge < -0.3 is 5.43 Å². The van der Waals surface area contributed by atoms with Crippen LogP contribution in [-0.4, -0.2) is 23.4 Å². The second kappa shape index (κ2) is 5.90. The summed E-state index contributed by atoms with van der Waals surface area (Å²) in [5, 5.41) is -0.159. The molecule has 0 aliphatic carbocycles. The van der Waals surface area contributed by atoms with Crippen LogP contribution in [-0.2, 0) is 16.6 Å². The van der Waals surface area contributed by atoms with E-state index in [1.165, 1.54) is 12.3 Å². The maximum Gasteiger partial charge on any atom is 0.260 e. The fourth-order valence-electron chi connectivity index (χ4n) is 1.56. The lowest BCUT2D eigenvalue weighted by Crippen LogP contribution is -2.26. The van der Waals surface area contributed by atoms with Crippen LogP contribution in [0.15, 0.2) is 35.6 Å². The van der Waals surface area contributed by atoms with Crippen molar-refractivity contribution in [3.8, 4) is 0 Å². The zero-order valence-electron chi connectivity index (χ0n) is 10.7. The first-order valence-electron chi connectivity index (χ1n) is 5.73. The monoisotopic (exact) mass is 294 g/mol. The summed E-state index contributed by atoms with van der Waals surface area (Å²) in [5.74, 6) is 5.84. The van der Waals surface area contributed by atoms with Gasteiger partial charge in [0.2, 0.25) is 0 Å². The van der Waals surface area contributed by atoms with Gasteiger partial charge in [-0.3, -0.25) is 5.84 Å². The molecular weight excluding hydrogens is 280 g/mol. The van der Waals surface area contributed by atoms with Crippen LogP contribution in [0.5, 0.6) is 0 Å². The molecule has 2 aromatic heterocycles. The van der Waals surface area contributed by atoms with Crippen molar-refractivity contribution < 1.29 is 8.42 Å². The van der Waals surface area contributed by atoms with E-state index in [9.17, 15) is 8.42 Å². The fourth-order valence-corrected chi connectivity index (χ4v) is 2.65. The fraction of sp³-hybridized carbons (Fsp3) is 0.182. The number of nitrogens with two attached hydrogens (primary N) is 1. The summed E-state index contributed by atoms with van der Waals surface area (Å²) < 4.78 is 26.7. The molecule has 20 heavy (non-hydrogen) atoms. The van der Waals surface area contributed by atoms with Crippen LogP contribution >= 0.6 is 0 Å². The van der Waals surface area contributed by atoms with Gasteiger partial charge in [0, 0.05) is 12.4 Å². The van der Waals surface area contributed by atoms with Gasteiger partial charge in [0.25, 0.3) is 10.0 Å². The second-order valence-corrected chi connectivity index (χ2v) is 5.60. The minimum Gasteiger partial charge on any atom is -0.321 e. The number of nitrogen functional groups attached to an aromatic ring is 1. The summed E-state index contributed by atoms with van der Waals surface area (Å²) in [6.45, 7) is 1.78. The molecule has 2 rings (SSSR count). The molecule has 8 nitrogen and oxygen atoms in total. The summed E-state index contributed by atoms with van der Waals surface area (Å²) in [6.07, 6.45) is 2.95. The van der Waals surface area contributed by atoms with E-state index in [0.717, 1.165) is 0 Å². The molecule has 106 valence electrons. The number of sulfonamides is 1.